The first kappa shape index (κ1) is 51.6. The third-order valence-corrected chi connectivity index (χ3v) is 12.3. The second-order valence-corrected chi connectivity index (χ2v) is 17.9. The summed E-state index contributed by atoms with van der Waals surface area (Å²) in [6, 6.07) is 5.79. The van der Waals surface area contributed by atoms with Crippen molar-refractivity contribution in [3.05, 3.63) is 48.0 Å². The summed E-state index contributed by atoms with van der Waals surface area (Å²) in [6.07, 6.45) is 15.9. The molecule has 1 aliphatic carbocycles. The molecule has 2 rings (SSSR count). The number of aliphatic hydroxyl groups excluding tert-OH is 1. The lowest BCUT2D eigenvalue weighted by Crippen LogP contribution is -2.61. The molecule has 1 aliphatic rings. The third kappa shape index (κ3) is 17.5. The number of nitrogens with one attached hydrogen (secondary N) is 4. The number of ketones is 4. The van der Waals surface area contributed by atoms with Crippen LogP contribution < -0.4 is 27.2 Å². The maximum atomic E-state index is 13.8. The molecule has 12 nitrogen and oxygen atoms in total. The zero-order valence-electron chi connectivity index (χ0n) is 37.4. The predicted octanol–water partition coefficient (Wildman–Crippen LogP) is 6.16. The van der Waals surface area contributed by atoms with E-state index in [0.29, 0.717) is 18.8 Å². The molecule has 332 valence electrons. The maximum Gasteiger partial charge on any atom is 0.239 e. The Morgan fingerprint density at radius 2 is 1.41 bits per heavy atom. The summed E-state index contributed by atoms with van der Waals surface area (Å²) in [5.74, 6) is 3.74. The van der Waals surface area contributed by atoms with E-state index < -0.39 is 52.8 Å². The van der Waals surface area contributed by atoms with Gasteiger partial charge in [0.2, 0.25) is 23.4 Å². The molecule has 1 fully saturated rings. The first-order valence-electron chi connectivity index (χ1n) is 22.2. The summed E-state index contributed by atoms with van der Waals surface area (Å²) in [4.78, 5) is 79.3. The number of hydrazine groups is 1. The van der Waals surface area contributed by atoms with Gasteiger partial charge < -0.3 is 15.7 Å². The van der Waals surface area contributed by atoms with Crippen molar-refractivity contribution in [2.45, 2.75) is 193 Å². The van der Waals surface area contributed by atoms with Crippen molar-refractivity contribution in [3.8, 4) is 0 Å². The van der Waals surface area contributed by atoms with E-state index in [-0.39, 0.29) is 42.2 Å². The number of nitrogens with two attached hydrogens (primary N) is 1. The number of aliphatic hydroxyl groups is 1. The van der Waals surface area contributed by atoms with Gasteiger partial charge >= 0.3 is 0 Å². The van der Waals surface area contributed by atoms with Gasteiger partial charge in [-0.15, -0.1) is 0 Å². The first-order chi connectivity index (χ1) is 27.9. The topological polar surface area (TPSA) is 197 Å². The fourth-order valence-electron chi connectivity index (χ4n) is 7.69. The smallest absolute Gasteiger partial charge is 0.239 e. The molecular formula is C47H77N5O7. The molecule has 2 amide bonds. The van der Waals surface area contributed by atoms with Crippen LogP contribution in [0.25, 0.3) is 0 Å². The van der Waals surface area contributed by atoms with Crippen LogP contribution in [0, 0.1) is 17.8 Å². The van der Waals surface area contributed by atoms with Gasteiger partial charge in [-0.1, -0.05) is 102 Å². The third-order valence-electron chi connectivity index (χ3n) is 12.3. The summed E-state index contributed by atoms with van der Waals surface area (Å²) >= 11 is 0. The predicted molar refractivity (Wildman–Crippen MR) is 234 cm³/mol. The van der Waals surface area contributed by atoms with Gasteiger partial charge in [0.1, 0.15) is 17.9 Å². The molecular weight excluding hydrogens is 747 g/mol. The van der Waals surface area contributed by atoms with E-state index in [0.717, 1.165) is 63.4 Å². The van der Waals surface area contributed by atoms with E-state index in [4.69, 9.17) is 5.84 Å². The Morgan fingerprint density at radius 3 is 1.93 bits per heavy atom. The highest BCUT2D eigenvalue weighted by Crippen LogP contribution is 2.33. The number of unbranched alkanes of at least 4 members (excludes halogenated alkanes) is 5. The molecule has 0 bridgehead atoms. The van der Waals surface area contributed by atoms with Gasteiger partial charge in [-0.3, -0.25) is 39.9 Å². The number of allylic oxidation sites excluding steroid dienone is 2. The van der Waals surface area contributed by atoms with Gasteiger partial charge in [0.25, 0.3) is 0 Å². The molecule has 7 N–H and O–H groups in total. The number of hydrogen-bond acceptors (Lipinski definition) is 10. The van der Waals surface area contributed by atoms with Crippen molar-refractivity contribution in [3.63, 3.8) is 0 Å². The van der Waals surface area contributed by atoms with E-state index >= 15 is 0 Å². The Labute approximate surface area is 354 Å². The normalized spacial score (nSPS) is 17.8. The molecule has 12 heteroatoms. The molecule has 0 saturated heterocycles. The average molecular weight is 824 g/mol. The monoisotopic (exact) mass is 824 g/mol. The molecule has 0 aliphatic heterocycles. The van der Waals surface area contributed by atoms with Crippen molar-refractivity contribution in [2.75, 3.05) is 0 Å². The van der Waals surface area contributed by atoms with Crippen LogP contribution in [0.1, 0.15) is 157 Å². The number of Topliss-reactive ketones (excluding diaryl/α,β-unsaturated/α-hetero) is 4. The molecule has 1 aromatic rings. The van der Waals surface area contributed by atoms with E-state index in [1.54, 1.807) is 13.8 Å². The summed E-state index contributed by atoms with van der Waals surface area (Å²) in [6.45, 7) is 13.9. The van der Waals surface area contributed by atoms with Crippen LogP contribution in [0.2, 0.25) is 0 Å². The molecule has 0 spiro atoms. The Bertz CT molecular complexity index is 1530. The highest BCUT2D eigenvalue weighted by atomic mass is 16.3. The Kier molecular flexibility index (Phi) is 22.6. The molecule has 7 atom stereocenters. The van der Waals surface area contributed by atoms with Crippen molar-refractivity contribution < 1.29 is 33.9 Å². The molecule has 59 heavy (non-hydrogen) atoms. The van der Waals surface area contributed by atoms with Crippen LogP contribution in [0.5, 0.6) is 0 Å². The number of amides is 2. The zero-order valence-corrected chi connectivity index (χ0v) is 37.4. The van der Waals surface area contributed by atoms with Crippen molar-refractivity contribution in [1.82, 2.24) is 21.4 Å². The number of carbonyl (C=O) groups is 6. The highest BCUT2D eigenvalue weighted by molar-refractivity contribution is 6.41. The van der Waals surface area contributed by atoms with Gasteiger partial charge in [-0.25, -0.2) is 5.43 Å². The van der Waals surface area contributed by atoms with Gasteiger partial charge in [-0.05, 0) is 116 Å². The zero-order chi connectivity index (χ0) is 44.2. The van der Waals surface area contributed by atoms with Gasteiger partial charge in [-0.2, -0.15) is 0 Å². The Balaban J connectivity index is 1.88. The van der Waals surface area contributed by atoms with Crippen molar-refractivity contribution >= 4 is 34.9 Å². The maximum absolute atomic E-state index is 13.8. The molecule has 0 radical (unpaired) electrons. The minimum atomic E-state index is -1.50. The van der Waals surface area contributed by atoms with E-state index in [9.17, 15) is 33.9 Å². The number of benzene rings is 1. The van der Waals surface area contributed by atoms with E-state index in [1.165, 1.54) is 33.1 Å². The molecule has 1 aromatic carbocycles. The number of hydrogen-bond donors (Lipinski definition) is 6. The number of rotatable bonds is 31. The molecule has 0 heterocycles. The summed E-state index contributed by atoms with van der Waals surface area (Å²) in [5, 5.41) is 19.4. The van der Waals surface area contributed by atoms with E-state index in [2.05, 4.69) is 33.5 Å². The van der Waals surface area contributed by atoms with Gasteiger partial charge in [0.15, 0.2) is 5.78 Å². The first-order valence-corrected chi connectivity index (χ1v) is 22.2. The van der Waals surface area contributed by atoms with Crippen LogP contribution in [0.3, 0.4) is 0 Å². The SMILES string of the molecule is CC[C@@H](CC1CCC1)C(=O)N[C@@](C)(CCC/C=C/CCCCCC[C@@](C)(N[C@@H](CC(C)C)C(=O)C(=O)[C@@H](NC(=O)[C@H](Cc1ccccc1)NN)[C@@H](C)O)C(C)=O)C(C)=O. The second kappa shape index (κ2) is 25.9. The largest absolute Gasteiger partial charge is 0.391 e. The quantitative estimate of drug-likeness (QED) is 0.0166. The summed E-state index contributed by atoms with van der Waals surface area (Å²) in [5.41, 5.74) is 1.38. The summed E-state index contributed by atoms with van der Waals surface area (Å²) < 4.78 is 0. The second-order valence-electron chi connectivity index (χ2n) is 17.9. The Morgan fingerprint density at radius 1 is 0.814 bits per heavy atom. The van der Waals surface area contributed by atoms with Crippen LogP contribution in [0.4, 0.5) is 0 Å². The molecule has 0 unspecified atom stereocenters. The standard InChI is InChI=1S/C47H77N5O7/c1-9-38(30-36-25-22-26-36)44(58)51-47(8,35(6)55)28-21-16-14-12-10-11-13-15-20-27-46(7,34(5)54)50-39(29-32(2)3)42(56)43(57)41(33(4)53)49-45(59)40(52-48)31-37-23-18-17-19-24-37/h12,14,17-19,23-24,32-33,36,38-41,50,52-53H,9-11,13,15-16,20-22,25-31,48H2,1-8H3,(H,49,59)(H,51,58)/b14-12+/t33-,38+,39+,40+,41+,46-,47+/m1/s1. The van der Waals surface area contributed by atoms with Crippen LogP contribution in [-0.4, -0.2) is 75.4 Å². The van der Waals surface area contributed by atoms with Crippen LogP contribution in [0.15, 0.2) is 42.5 Å². The lowest BCUT2D eigenvalue weighted by Gasteiger charge is -2.34. The van der Waals surface area contributed by atoms with Crippen LogP contribution in [-0.2, 0) is 35.2 Å². The van der Waals surface area contributed by atoms with Gasteiger partial charge in [0.05, 0.1) is 23.2 Å². The fourth-order valence-corrected chi connectivity index (χ4v) is 7.69. The van der Waals surface area contributed by atoms with E-state index in [1.807, 2.05) is 58.0 Å². The minimum Gasteiger partial charge on any atom is -0.391 e. The van der Waals surface area contributed by atoms with Gasteiger partial charge in [0, 0.05) is 5.92 Å². The highest BCUT2D eigenvalue weighted by Gasteiger charge is 2.40. The summed E-state index contributed by atoms with van der Waals surface area (Å²) in [7, 11) is 0. The number of carbonyl (C=O) groups excluding carboxylic acids is 6. The lowest BCUT2D eigenvalue weighted by atomic mass is 9.78. The Hall–Kier alpha value is -3.58. The fraction of sp³-hybridized carbons (Fsp3) is 0.702. The molecule has 1 saturated carbocycles. The minimum absolute atomic E-state index is 0.00382. The molecule has 0 aromatic heterocycles. The van der Waals surface area contributed by atoms with Crippen molar-refractivity contribution in [1.29, 1.82) is 0 Å². The van der Waals surface area contributed by atoms with Crippen LogP contribution >= 0.6 is 0 Å². The van der Waals surface area contributed by atoms with Crippen molar-refractivity contribution in [2.24, 2.45) is 23.6 Å². The average Bonchev–Trinajstić information content (AvgIpc) is 3.16. The lowest BCUT2D eigenvalue weighted by molar-refractivity contribution is -0.142.